The highest BCUT2D eigenvalue weighted by atomic mass is 32.3. The Morgan fingerprint density at radius 3 is 2.07 bits per heavy atom. The Labute approximate surface area is 89.7 Å². The van der Waals surface area contributed by atoms with E-state index in [0.717, 1.165) is 13.0 Å². The van der Waals surface area contributed by atoms with Crippen molar-refractivity contribution >= 4 is 10.4 Å². The summed E-state index contributed by atoms with van der Waals surface area (Å²) >= 11 is 0. The second kappa shape index (κ2) is 7.36. The van der Waals surface area contributed by atoms with Crippen molar-refractivity contribution in [2.45, 2.75) is 6.42 Å². The van der Waals surface area contributed by atoms with Gasteiger partial charge in [-0.25, -0.2) is 0 Å². The summed E-state index contributed by atoms with van der Waals surface area (Å²) in [6.45, 7) is 1.06. The van der Waals surface area contributed by atoms with E-state index in [0.29, 0.717) is 0 Å². The van der Waals surface area contributed by atoms with Crippen LogP contribution in [0.2, 0.25) is 0 Å². The highest BCUT2D eigenvalue weighted by Crippen LogP contribution is 1.97. The van der Waals surface area contributed by atoms with Crippen molar-refractivity contribution in [1.29, 1.82) is 0 Å². The minimum atomic E-state index is -4.67. The predicted octanol–water partition coefficient (Wildman–Crippen LogP) is 0.796. The number of hydrogen-bond acceptors (Lipinski definition) is 3. The van der Waals surface area contributed by atoms with E-state index in [4.69, 9.17) is 17.5 Å². The third kappa shape index (κ3) is 13.1. The molecule has 0 saturated heterocycles. The zero-order valence-corrected chi connectivity index (χ0v) is 9.24. The summed E-state index contributed by atoms with van der Waals surface area (Å²) in [4.78, 5) is 0. The van der Waals surface area contributed by atoms with E-state index in [2.05, 4.69) is 29.6 Å². The van der Waals surface area contributed by atoms with Crippen LogP contribution in [0.15, 0.2) is 30.3 Å². The van der Waals surface area contributed by atoms with Gasteiger partial charge >= 0.3 is 10.4 Å². The monoisotopic (exact) mass is 233 g/mol. The smallest absolute Gasteiger partial charge is 0.319 e. The maximum Gasteiger partial charge on any atom is 0.394 e. The summed E-state index contributed by atoms with van der Waals surface area (Å²) in [7, 11) is -2.69. The molecule has 0 heterocycles. The molecule has 1 rings (SSSR count). The zero-order chi connectivity index (χ0) is 11.7. The SMILES string of the molecule is CNCCc1ccccc1.O=S(=O)(O)O. The van der Waals surface area contributed by atoms with E-state index in [1.54, 1.807) is 0 Å². The fraction of sp³-hybridized carbons (Fsp3) is 0.333. The molecule has 1 aromatic rings. The normalized spacial score (nSPS) is 10.3. The van der Waals surface area contributed by atoms with Crippen LogP contribution in [0.25, 0.3) is 0 Å². The first-order valence-corrected chi connectivity index (χ1v) is 5.71. The first-order valence-electron chi connectivity index (χ1n) is 4.32. The van der Waals surface area contributed by atoms with Gasteiger partial charge in [0.15, 0.2) is 0 Å². The van der Waals surface area contributed by atoms with Gasteiger partial charge in [0.25, 0.3) is 0 Å². The number of hydrogen-bond donors (Lipinski definition) is 3. The molecule has 0 aliphatic heterocycles. The van der Waals surface area contributed by atoms with Gasteiger partial charge in [0.2, 0.25) is 0 Å². The molecule has 1 aromatic carbocycles. The first kappa shape index (κ1) is 14.1. The second-order valence-corrected chi connectivity index (χ2v) is 3.68. The lowest BCUT2D eigenvalue weighted by molar-refractivity contribution is 0.381. The first-order chi connectivity index (χ1) is 6.93. The summed E-state index contributed by atoms with van der Waals surface area (Å²) in [6.07, 6.45) is 1.12. The lowest BCUT2D eigenvalue weighted by Gasteiger charge is -1.97. The van der Waals surface area contributed by atoms with Gasteiger partial charge in [-0.3, -0.25) is 9.11 Å². The van der Waals surface area contributed by atoms with Crippen LogP contribution in [0.1, 0.15) is 5.56 Å². The van der Waals surface area contributed by atoms with Crippen LogP contribution in [0.4, 0.5) is 0 Å². The van der Waals surface area contributed by atoms with E-state index in [1.165, 1.54) is 5.56 Å². The molecule has 0 saturated carbocycles. The molecular formula is C9H15NO4S. The minimum absolute atomic E-state index is 1.06. The van der Waals surface area contributed by atoms with Gasteiger partial charge in [0.05, 0.1) is 0 Å². The maximum absolute atomic E-state index is 8.74. The van der Waals surface area contributed by atoms with Crippen molar-refractivity contribution in [2.24, 2.45) is 0 Å². The van der Waals surface area contributed by atoms with E-state index < -0.39 is 10.4 Å². The molecule has 0 fully saturated rings. The van der Waals surface area contributed by atoms with E-state index in [-0.39, 0.29) is 0 Å². The van der Waals surface area contributed by atoms with Crippen LogP contribution in [-0.2, 0) is 16.8 Å². The molecule has 0 spiro atoms. The van der Waals surface area contributed by atoms with Gasteiger partial charge in [0.1, 0.15) is 0 Å². The Kier molecular flexibility index (Phi) is 6.89. The molecule has 0 aliphatic rings. The van der Waals surface area contributed by atoms with Gasteiger partial charge in [-0.1, -0.05) is 30.3 Å². The summed E-state index contributed by atoms with van der Waals surface area (Å²) in [5, 5.41) is 3.12. The average Bonchev–Trinajstić information content (AvgIpc) is 2.14. The molecule has 0 unspecified atom stereocenters. The average molecular weight is 233 g/mol. The van der Waals surface area contributed by atoms with E-state index >= 15 is 0 Å². The lowest BCUT2D eigenvalue weighted by Crippen LogP contribution is -2.09. The van der Waals surface area contributed by atoms with Crippen molar-refractivity contribution in [3.8, 4) is 0 Å². The van der Waals surface area contributed by atoms with Crippen molar-refractivity contribution in [3.63, 3.8) is 0 Å². The van der Waals surface area contributed by atoms with Crippen molar-refractivity contribution in [1.82, 2.24) is 5.32 Å². The van der Waals surface area contributed by atoms with Gasteiger partial charge in [-0.15, -0.1) is 0 Å². The fourth-order valence-corrected chi connectivity index (χ4v) is 0.914. The molecule has 86 valence electrons. The quantitative estimate of drug-likeness (QED) is 0.672. The summed E-state index contributed by atoms with van der Waals surface area (Å²) < 4.78 is 31.6. The Hall–Kier alpha value is -0.950. The summed E-state index contributed by atoms with van der Waals surface area (Å²) in [6, 6.07) is 10.5. The maximum atomic E-state index is 8.74. The van der Waals surface area contributed by atoms with Gasteiger partial charge in [0, 0.05) is 0 Å². The lowest BCUT2D eigenvalue weighted by atomic mass is 10.2. The molecule has 3 N–H and O–H groups in total. The fourth-order valence-electron chi connectivity index (χ4n) is 0.914. The highest BCUT2D eigenvalue weighted by Gasteiger charge is 1.86. The Balaban J connectivity index is 0.000000336. The molecule has 0 atom stereocenters. The molecule has 0 aromatic heterocycles. The van der Waals surface area contributed by atoms with Crippen molar-refractivity contribution < 1.29 is 17.5 Å². The summed E-state index contributed by atoms with van der Waals surface area (Å²) in [5.74, 6) is 0. The molecular weight excluding hydrogens is 218 g/mol. The predicted molar refractivity (Wildman–Crippen MR) is 58.3 cm³/mol. The topological polar surface area (TPSA) is 86.6 Å². The molecule has 0 radical (unpaired) electrons. The molecule has 5 nitrogen and oxygen atoms in total. The molecule has 0 bridgehead atoms. The van der Waals surface area contributed by atoms with Gasteiger partial charge in [-0.2, -0.15) is 8.42 Å². The third-order valence-corrected chi connectivity index (χ3v) is 1.51. The number of likely N-dealkylation sites (N-methyl/N-ethyl adjacent to an activating group) is 1. The van der Waals surface area contributed by atoms with E-state index in [9.17, 15) is 0 Å². The largest absolute Gasteiger partial charge is 0.394 e. The van der Waals surface area contributed by atoms with Crippen LogP contribution in [0.3, 0.4) is 0 Å². The summed E-state index contributed by atoms with van der Waals surface area (Å²) in [5.41, 5.74) is 1.40. The number of nitrogens with one attached hydrogen (secondary N) is 1. The molecule has 6 heteroatoms. The molecule has 0 amide bonds. The Bertz CT molecular complexity index is 342. The van der Waals surface area contributed by atoms with Crippen LogP contribution in [0, 0.1) is 0 Å². The van der Waals surface area contributed by atoms with Crippen molar-refractivity contribution in [2.75, 3.05) is 13.6 Å². The van der Waals surface area contributed by atoms with Crippen LogP contribution < -0.4 is 5.32 Å². The Morgan fingerprint density at radius 2 is 1.67 bits per heavy atom. The standard InChI is InChI=1S/C9H13N.H2O4S/c1-10-8-7-9-5-3-2-4-6-9;1-5(2,3)4/h2-6,10H,7-8H2,1H3;(H2,1,2,3,4). The number of benzene rings is 1. The molecule has 15 heavy (non-hydrogen) atoms. The minimum Gasteiger partial charge on any atom is -0.319 e. The number of rotatable bonds is 3. The van der Waals surface area contributed by atoms with Crippen molar-refractivity contribution in [3.05, 3.63) is 35.9 Å². The van der Waals surface area contributed by atoms with Crippen LogP contribution in [-0.4, -0.2) is 31.1 Å². The van der Waals surface area contributed by atoms with Crippen LogP contribution >= 0.6 is 0 Å². The molecule has 0 aliphatic carbocycles. The third-order valence-electron chi connectivity index (χ3n) is 1.51. The highest BCUT2D eigenvalue weighted by molar-refractivity contribution is 7.79. The van der Waals surface area contributed by atoms with Gasteiger partial charge < -0.3 is 5.32 Å². The second-order valence-electron chi connectivity index (χ2n) is 2.79. The van der Waals surface area contributed by atoms with Gasteiger partial charge in [-0.05, 0) is 25.6 Å². The zero-order valence-electron chi connectivity index (χ0n) is 8.42. The van der Waals surface area contributed by atoms with Crippen LogP contribution in [0.5, 0.6) is 0 Å². The van der Waals surface area contributed by atoms with E-state index in [1.807, 2.05) is 13.1 Å². The Morgan fingerprint density at radius 1 is 1.20 bits per heavy atom.